The largest absolute Gasteiger partial charge is 0.460 e. The predicted molar refractivity (Wildman–Crippen MR) is 75.8 cm³/mol. The van der Waals surface area contributed by atoms with Gasteiger partial charge in [-0.3, -0.25) is 0 Å². The molecule has 2 heterocycles. The van der Waals surface area contributed by atoms with Crippen LogP contribution in [0.3, 0.4) is 0 Å². The molecule has 0 saturated carbocycles. The minimum Gasteiger partial charge on any atom is -0.460 e. The molecule has 4 nitrogen and oxygen atoms in total. The zero-order valence-electron chi connectivity index (χ0n) is 12.0. The standard InChI is InChI=1S/C15H21N3O/c1-10-9-12(13-6-5-11(2)19-13)18-14(17-10)7-8-15(3,4)16/h5-6,9H,7-8,16H2,1-4H3. The predicted octanol–water partition coefficient (Wildman–Crippen LogP) is 3.02. The van der Waals surface area contributed by atoms with E-state index < -0.39 is 0 Å². The van der Waals surface area contributed by atoms with Crippen LogP contribution in [-0.2, 0) is 6.42 Å². The van der Waals surface area contributed by atoms with Crippen molar-refractivity contribution in [2.45, 2.75) is 46.1 Å². The molecule has 2 N–H and O–H groups in total. The third-order valence-electron chi connectivity index (χ3n) is 2.89. The molecule has 0 aliphatic rings. The first-order valence-electron chi connectivity index (χ1n) is 6.54. The molecule has 19 heavy (non-hydrogen) atoms. The Morgan fingerprint density at radius 3 is 2.53 bits per heavy atom. The van der Waals surface area contributed by atoms with E-state index in [-0.39, 0.29) is 5.54 Å². The van der Waals surface area contributed by atoms with E-state index >= 15 is 0 Å². The van der Waals surface area contributed by atoms with Gasteiger partial charge in [0, 0.05) is 17.7 Å². The summed E-state index contributed by atoms with van der Waals surface area (Å²) in [4.78, 5) is 9.02. The second-order valence-electron chi connectivity index (χ2n) is 5.71. The van der Waals surface area contributed by atoms with Gasteiger partial charge in [-0.05, 0) is 52.3 Å². The molecule has 0 radical (unpaired) electrons. The Morgan fingerprint density at radius 1 is 1.21 bits per heavy atom. The molecule has 0 fully saturated rings. The van der Waals surface area contributed by atoms with Crippen LogP contribution < -0.4 is 5.73 Å². The number of rotatable bonds is 4. The second kappa shape index (κ2) is 5.13. The third kappa shape index (κ3) is 3.89. The molecular weight excluding hydrogens is 238 g/mol. The molecule has 0 amide bonds. The number of hydrogen-bond donors (Lipinski definition) is 1. The van der Waals surface area contributed by atoms with Crippen molar-refractivity contribution in [1.29, 1.82) is 0 Å². The maximum Gasteiger partial charge on any atom is 0.152 e. The van der Waals surface area contributed by atoms with E-state index in [0.29, 0.717) is 0 Å². The minimum atomic E-state index is -0.200. The van der Waals surface area contributed by atoms with Gasteiger partial charge < -0.3 is 10.2 Å². The molecule has 0 atom stereocenters. The van der Waals surface area contributed by atoms with Gasteiger partial charge in [0.1, 0.15) is 17.3 Å². The van der Waals surface area contributed by atoms with Gasteiger partial charge in [0.15, 0.2) is 5.76 Å². The van der Waals surface area contributed by atoms with E-state index in [1.807, 2.05) is 45.9 Å². The van der Waals surface area contributed by atoms with E-state index in [0.717, 1.165) is 41.6 Å². The highest BCUT2D eigenvalue weighted by molar-refractivity contribution is 5.52. The SMILES string of the molecule is Cc1cc(-c2ccc(C)o2)nc(CCC(C)(C)N)n1. The lowest BCUT2D eigenvalue weighted by molar-refractivity contribution is 0.470. The quantitative estimate of drug-likeness (QED) is 0.916. The van der Waals surface area contributed by atoms with Gasteiger partial charge in [-0.1, -0.05) is 0 Å². The van der Waals surface area contributed by atoms with Crippen molar-refractivity contribution in [2.75, 3.05) is 0 Å². The van der Waals surface area contributed by atoms with Gasteiger partial charge in [-0.2, -0.15) is 0 Å². The smallest absolute Gasteiger partial charge is 0.152 e. The average molecular weight is 259 g/mol. The maximum atomic E-state index is 6.00. The Morgan fingerprint density at radius 2 is 1.95 bits per heavy atom. The molecule has 2 aromatic rings. The molecule has 0 aliphatic carbocycles. The lowest BCUT2D eigenvalue weighted by Gasteiger charge is -2.17. The van der Waals surface area contributed by atoms with Gasteiger partial charge >= 0.3 is 0 Å². The van der Waals surface area contributed by atoms with Crippen molar-refractivity contribution in [3.8, 4) is 11.5 Å². The van der Waals surface area contributed by atoms with Crippen molar-refractivity contribution in [3.63, 3.8) is 0 Å². The summed E-state index contributed by atoms with van der Waals surface area (Å²) in [5, 5.41) is 0. The van der Waals surface area contributed by atoms with Crippen LogP contribution in [0.5, 0.6) is 0 Å². The molecule has 0 aliphatic heterocycles. The molecule has 4 heteroatoms. The zero-order valence-corrected chi connectivity index (χ0v) is 12.0. The summed E-state index contributed by atoms with van der Waals surface area (Å²) in [5.41, 5.74) is 7.59. The summed E-state index contributed by atoms with van der Waals surface area (Å²) in [7, 11) is 0. The molecule has 0 bridgehead atoms. The Kier molecular flexibility index (Phi) is 3.71. The number of nitrogens with zero attached hydrogens (tertiary/aromatic N) is 2. The van der Waals surface area contributed by atoms with Crippen molar-refractivity contribution in [3.05, 3.63) is 35.5 Å². The molecule has 102 valence electrons. The van der Waals surface area contributed by atoms with Crippen LogP contribution in [0.2, 0.25) is 0 Å². The van der Waals surface area contributed by atoms with Crippen LogP contribution in [0.15, 0.2) is 22.6 Å². The lowest BCUT2D eigenvalue weighted by atomic mass is 10.00. The number of aryl methyl sites for hydroxylation is 3. The molecule has 0 saturated heterocycles. The number of furan rings is 1. The minimum absolute atomic E-state index is 0.200. The normalized spacial score (nSPS) is 11.8. The Balaban J connectivity index is 2.25. The molecular formula is C15H21N3O. The summed E-state index contributed by atoms with van der Waals surface area (Å²) in [6.45, 7) is 7.92. The first-order chi connectivity index (χ1) is 8.83. The Hall–Kier alpha value is -1.68. The first kappa shape index (κ1) is 13.7. The highest BCUT2D eigenvalue weighted by Gasteiger charge is 2.13. The molecule has 0 spiro atoms. The van der Waals surface area contributed by atoms with Gasteiger partial charge in [0.2, 0.25) is 0 Å². The fourth-order valence-electron chi connectivity index (χ4n) is 1.87. The summed E-state index contributed by atoms with van der Waals surface area (Å²) in [5.74, 6) is 2.50. The van der Waals surface area contributed by atoms with Crippen LogP contribution in [0, 0.1) is 13.8 Å². The van der Waals surface area contributed by atoms with Gasteiger partial charge in [-0.25, -0.2) is 9.97 Å². The lowest BCUT2D eigenvalue weighted by Crippen LogP contribution is -2.32. The molecule has 2 rings (SSSR count). The zero-order chi connectivity index (χ0) is 14.0. The topological polar surface area (TPSA) is 64.9 Å². The highest BCUT2D eigenvalue weighted by atomic mass is 16.3. The van der Waals surface area contributed by atoms with Crippen molar-refractivity contribution in [2.24, 2.45) is 5.73 Å². The fraction of sp³-hybridized carbons (Fsp3) is 0.467. The van der Waals surface area contributed by atoms with Gasteiger partial charge in [0.05, 0.1) is 0 Å². The van der Waals surface area contributed by atoms with E-state index in [1.165, 1.54) is 0 Å². The van der Waals surface area contributed by atoms with E-state index in [9.17, 15) is 0 Å². The highest BCUT2D eigenvalue weighted by Crippen LogP contribution is 2.21. The first-order valence-corrected chi connectivity index (χ1v) is 6.54. The van der Waals surface area contributed by atoms with E-state index in [1.54, 1.807) is 0 Å². The molecule has 0 unspecified atom stereocenters. The van der Waals surface area contributed by atoms with Crippen LogP contribution in [0.1, 0.15) is 37.5 Å². The van der Waals surface area contributed by atoms with Crippen LogP contribution in [-0.4, -0.2) is 15.5 Å². The van der Waals surface area contributed by atoms with Gasteiger partial charge in [0.25, 0.3) is 0 Å². The monoisotopic (exact) mass is 259 g/mol. The van der Waals surface area contributed by atoms with Gasteiger partial charge in [-0.15, -0.1) is 0 Å². The number of aromatic nitrogens is 2. The fourth-order valence-corrected chi connectivity index (χ4v) is 1.87. The van der Waals surface area contributed by atoms with Crippen LogP contribution >= 0.6 is 0 Å². The molecule has 2 aromatic heterocycles. The van der Waals surface area contributed by atoms with Crippen LogP contribution in [0.4, 0.5) is 0 Å². The third-order valence-corrected chi connectivity index (χ3v) is 2.89. The summed E-state index contributed by atoms with van der Waals surface area (Å²) in [6, 6.07) is 5.82. The van der Waals surface area contributed by atoms with Crippen LogP contribution in [0.25, 0.3) is 11.5 Å². The summed E-state index contributed by atoms with van der Waals surface area (Å²) < 4.78 is 5.61. The maximum absolute atomic E-state index is 6.00. The van der Waals surface area contributed by atoms with Crippen molar-refractivity contribution < 1.29 is 4.42 Å². The van der Waals surface area contributed by atoms with E-state index in [4.69, 9.17) is 10.2 Å². The van der Waals surface area contributed by atoms with Crippen molar-refractivity contribution >= 4 is 0 Å². The second-order valence-corrected chi connectivity index (χ2v) is 5.71. The molecule has 0 aromatic carbocycles. The number of nitrogens with two attached hydrogens (primary N) is 1. The summed E-state index contributed by atoms with van der Waals surface area (Å²) >= 11 is 0. The Labute approximate surface area is 114 Å². The Bertz CT molecular complexity index is 567. The summed E-state index contributed by atoms with van der Waals surface area (Å²) in [6.07, 6.45) is 1.63. The van der Waals surface area contributed by atoms with E-state index in [2.05, 4.69) is 9.97 Å². The number of hydrogen-bond acceptors (Lipinski definition) is 4. The van der Waals surface area contributed by atoms with Crippen molar-refractivity contribution in [1.82, 2.24) is 9.97 Å². The average Bonchev–Trinajstić information content (AvgIpc) is 2.72.